The van der Waals surface area contributed by atoms with E-state index >= 15 is 0 Å². The Morgan fingerprint density at radius 3 is 2.65 bits per heavy atom. The number of aliphatic hydroxyl groups excluding tert-OH is 1. The van der Waals surface area contributed by atoms with Gasteiger partial charge in [0.25, 0.3) is 11.8 Å². The van der Waals surface area contributed by atoms with E-state index in [-0.39, 0.29) is 37.0 Å². The minimum absolute atomic E-state index is 0.0802. The molecule has 2 aliphatic rings. The van der Waals surface area contributed by atoms with Crippen molar-refractivity contribution >= 4 is 23.4 Å². The van der Waals surface area contributed by atoms with Gasteiger partial charge in [-0.05, 0) is 24.8 Å². The van der Waals surface area contributed by atoms with Gasteiger partial charge in [-0.1, -0.05) is 30.5 Å². The second-order valence-electron chi connectivity index (χ2n) is 8.65. The first-order chi connectivity index (χ1) is 16.2. The summed E-state index contributed by atoms with van der Waals surface area (Å²) < 4.78 is 29.0. The standard InChI is InChI=1S/C23H24ClF2N3O5/c24-17-16(25)5-4-13(18(17)26)9-27-22(33)15-11-29-14(8-12-2-3-12)10-28(6-1-7-30)23(34)19(29)21(32)20(15)31/h4-5,11-12,14,30,32H,1-3,6-10H2,(H,27,33)/t14-/m1/s1. The molecule has 2 heterocycles. The van der Waals surface area contributed by atoms with Crippen LogP contribution in [0.15, 0.2) is 23.1 Å². The molecule has 182 valence electrons. The van der Waals surface area contributed by atoms with E-state index in [0.717, 1.165) is 25.0 Å². The maximum absolute atomic E-state index is 14.1. The lowest BCUT2D eigenvalue weighted by molar-refractivity contribution is 0.0637. The molecule has 0 unspecified atom stereocenters. The van der Waals surface area contributed by atoms with Gasteiger partial charge in [-0.2, -0.15) is 0 Å². The number of amides is 2. The fourth-order valence-electron chi connectivity index (χ4n) is 4.21. The molecule has 1 fully saturated rings. The van der Waals surface area contributed by atoms with Gasteiger partial charge in [-0.3, -0.25) is 14.4 Å². The number of nitrogens with one attached hydrogen (secondary N) is 1. The van der Waals surface area contributed by atoms with E-state index in [1.807, 2.05) is 0 Å². The van der Waals surface area contributed by atoms with Gasteiger partial charge < -0.3 is 25.0 Å². The van der Waals surface area contributed by atoms with Crippen molar-refractivity contribution in [3.63, 3.8) is 0 Å². The van der Waals surface area contributed by atoms with E-state index < -0.39 is 45.2 Å². The maximum atomic E-state index is 14.1. The quantitative estimate of drug-likeness (QED) is 0.487. The number of aromatic hydroxyl groups is 1. The molecule has 34 heavy (non-hydrogen) atoms. The summed E-state index contributed by atoms with van der Waals surface area (Å²) in [5.41, 5.74) is -1.69. The largest absolute Gasteiger partial charge is 0.503 e. The number of nitrogens with zero attached hydrogens (tertiary/aromatic N) is 2. The van der Waals surface area contributed by atoms with Crippen molar-refractivity contribution in [1.82, 2.24) is 14.8 Å². The Hall–Kier alpha value is -2.98. The van der Waals surface area contributed by atoms with Crippen molar-refractivity contribution in [2.75, 3.05) is 19.7 Å². The Morgan fingerprint density at radius 2 is 1.97 bits per heavy atom. The van der Waals surface area contributed by atoms with E-state index in [1.165, 1.54) is 15.7 Å². The van der Waals surface area contributed by atoms with Crippen LogP contribution in [0, 0.1) is 17.6 Å². The SMILES string of the molecule is O=C(NCc1ccc(F)c(Cl)c1F)c1cn2c(c(O)c1=O)C(=O)N(CCCO)C[C@H]2CC1CC1. The van der Waals surface area contributed by atoms with Crippen LogP contribution >= 0.6 is 11.6 Å². The molecular formula is C23H24ClF2N3O5. The summed E-state index contributed by atoms with van der Waals surface area (Å²) in [4.78, 5) is 40.0. The van der Waals surface area contributed by atoms with E-state index in [0.29, 0.717) is 25.3 Å². The van der Waals surface area contributed by atoms with Crippen LogP contribution in [0.25, 0.3) is 0 Å². The van der Waals surface area contributed by atoms with E-state index in [1.54, 1.807) is 0 Å². The third kappa shape index (κ3) is 4.65. The Labute approximate surface area is 198 Å². The number of aliphatic hydroxyl groups is 1. The Kier molecular flexibility index (Phi) is 6.90. The number of hydrogen-bond donors (Lipinski definition) is 3. The van der Waals surface area contributed by atoms with Crippen LogP contribution in [0.5, 0.6) is 5.75 Å². The Bertz CT molecular complexity index is 1200. The van der Waals surface area contributed by atoms with E-state index in [2.05, 4.69) is 5.32 Å². The second kappa shape index (κ2) is 9.71. The zero-order valence-corrected chi connectivity index (χ0v) is 18.9. The van der Waals surface area contributed by atoms with Gasteiger partial charge in [0.15, 0.2) is 11.4 Å². The predicted molar refractivity (Wildman–Crippen MR) is 119 cm³/mol. The Morgan fingerprint density at radius 1 is 1.24 bits per heavy atom. The summed E-state index contributed by atoms with van der Waals surface area (Å²) in [5, 5.41) is 21.4. The first-order valence-corrected chi connectivity index (χ1v) is 11.4. The van der Waals surface area contributed by atoms with E-state index in [4.69, 9.17) is 16.7 Å². The molecule has 0 bridgehead atoms. The summed E-state index contributed by atoms with van der Waals surface area (Å²) >= 11 is 5.56. The summed E-state index contributed by atoms with van der Waals surface area (Å²) in [6.45, 7) is 0.129. The van der Waals surface area contributed by atoms with Gasteiger partial charge in [-0.25, -0.2) is 8.78 Å². The molecule has 1 atom stereocenters. The number of hydrogen-bond acceptors (Lipinski definition) is 5. The molecular weight excluding hydrogens is 472 g/mol. The average Bonchev–Trinajstić information content (AvgIpc) is 3.63. The van der Waals surface area contributed by atoms with Crippen molar-refractivity contribution < 1.29 is 28.6 Å². The topological polar surface area (TPSA) is 112 Å². The van der Waals surface area contributed by atoms with Gasteiger partial charge in [0.2, 0.25) is 5.43 Å². The first-order valence-electron chi connectivity index (χ1n) is 11.0. The number of halogens is 3. The molecule has 1 aromatic heterocycles. The lowest BCUT2D eigenvalue weighted by atomic mass is 10.0. The number of pyridine rings is 1. The smallest absolute Gasteiger partial charge is 0.274 e. The molecule has 2 amide bonds. The van der Waals surface area contributed by atoms with Crippen LogP contribution < -0.4 is 10.7 Å². The van der Waals surface area contributed by atoms with Crippen LogP contribution in [0.1, 0.15) is 58.1 Å². The summed E-state index contributed by atoms with van der Waals surface area (Å²) in [6, 6.07) is 1.83. The van der Waals surface area contributed by atoms with Crippen molar-refractivity contribution in [2.24, 2.45) is 5.92 Å². The maximum Gasteiger partial charge on any atom is 0.274 e. The number of carbonyl (C=O) groups is 2. The molecule has 4 rings (SSSR count). The molecule has 1 aliphatic heterocycles. The van der Waals surface area contributed by atoms with Gasteiger partial charge >= 0.3 is 0 Å². The molecule has 0 spiro atoms. The predicted octanol–water partition coefficient (Wildman–Crippen LogP) is 2.59. The van der Waals surface area contributed by atoms with Gasteiger partial charge in [0.1, 0.15) is 22.2 Å². The van der Waals surface area contributed by atoms with Crippen LogP contribution in [-0.4, -0.2) is 51.2 Å². The fraction of sp³-hybridized carbons (Fsp3) is 0.435. The Balaban J connectivity index is 1.64. The molecule has 11 heteroatoms. The molecule has 1 aromatic carbocycles. The first kappa shape index (κ1) is 24.2. The molecule has 1 aliphatic carbocycles. The zero-order chi connectivity index (χ0) is 24.6. The van der Waals surface area contributed by atoms with Crippen molar-refractivity contribution in [3.05, 3.63) is 62.0 Å². The summed E-state index contributed by atoms with van der Waals surface area (Å²) in [7, 11) is 0. The number of carbonyl (C=O) groups excluding carboxylic acids is 2. The highest BCUT2D eigenvalue weighted by molar-refractivity contribution is 6.30. The second-order valence-corrected chi connectivity index (χ2v) is 9.03. The third-order valence-electron chi connectivity index (χ3n) is 6.21. The molecule has 1 saturated carbocycles. The number of fused-ring (bicyclic) bond motifs is 1. The average molecular weight is 496 g/mol. The normalized spacial score (nSPS) is 17.6. The summed E-state index contributed by atoms with van der Waals surface area (Å²) in [5.74, 6) is -3.77. The van der Waals surface area contributed by atoms with E-state index in [9.17, 15) is 28.3 Å². The minimum atomic E-state index is -1.02. The van der Waals surface area contributed by atoms with Crippen molar-refractivity contribution in [3.8, 4) is 5.75 Å². The van der Waals surface area contributed by atoms with Crippen LogP contribution in [0.3, 0.4) is 0 Å². The highest BCUT2D eigenvalue weighted by Gasteiger charge is 2.37. The van der Waals surface area contributed by atoms with Crippen molar-refractivity contribution in [1.29, 1.82) is 0 Å². The molecule has 8 nitrogen and oxygen atoms in total. The van der Waals surface area contributed by atoms with Crippen LogP contribution in [0.4, 0.5) is 8.78 Å². The molecule has 0 radical (unpaired) electrons. The van der Waals surface area contributed by atoms with Gasteiger partial charge in [-0.15, -0.1) is 0 Å². The highest BCUT2D eigenvalue weighted by atomic mass is 35.5. The van der Waals surface area contributed by atoms with Gasteiger partial charge in [0.05, 0.1) is 6.04 Å². The van der Waals surface area contributed by atoms with Crippen LogP contribution in [-0.2, 0) is 6.54 Å². The number of rotatable bonds is 8. The monoisotopic (exact) mass is 495 g/mol. The molecule has 0 saturated heterocycles. The minimum Gasteiger partial charge on any atom is -0.503 e. The fourth-order valence-corrected chi connectivity index (χ4v) is 4.39. The lowest BCUT2D eigenvalue weighted by Crippen LogP contribution is -2.45. The lowest BCUT2D eigenvalue weighted by Gasteiger charge is -2.36. The number of aromatic nitrogens is 1. The molecule has 3 N–H and O–H groups in total. The highest BCUT2D eigenvalue weighted by Crippen LogP contribution is 2.39. The van der Waals surface area contributed by atoms with Crippen LogP contribution in [0.2, 0.25) is 5.02 Å². The summed E-state index contributed by atoms with van der Waals surface area (Å²) in [6.07, 6.45) is 4.41. The van der Waals surface area contributed by atoms with Crippen molar-refractivity contribution in [2.45, 2.75) is 38.3 Å². The number of benzene rings is 1. The van der Waals surface area contributed by atoms with Gasteiger partial charge in [0, 0.05) is 38.0 Å². The third-order valence-corrected chi connectivity index (χ3v) is 6.56. The molecule has 2 aromatic rings. The zero-order valence-electron chi connectivity index (χ0n) is 18.2.